The zero-order valence-corrected chi connectivity index (χ0v) is 15.9. The number of amides is 1. The van der Waals surface area contributed by atoms with E-state index in [0.29, 0.717) is 11.7 Å². The SMILES string of the molecule is O=C(Nc1cccc(-c2nncn2C2CC2)c1)c1cc(-c2ccc(O)nc2)ccn1. The Morgan fingerprint density at radius 1 is 1.03 bits per heavy atom. The Labute approximate surface area is 172 Å². The Kier molecular flexibility index (Phi) is 4.44. The van der Waals surface area contributed by atoms with Crippen molar-refractivity contribution < 1.29 is 9.90 Å². The molecule has 4 aromatic rings. The summed E-state index contributed by atoms with van der Waals surface area (Å²) in [4.78, 5) is 20.8. The van der Waals surface area contributed by atoms with Crippen molar-refractivity contribution in [2.45, 2.75) is 18.9 Å². The number of aromatic hydroxyl groups is 1. The molecule has 8 nitrogen and oxygen atoms in total. The highest BCUT2D eigenvalue weighted by molar-refractivity contribution is 6.03. The van der Waals surface area contributed by atoms with E-state index in [9.17, 15) is 9.90 Å². The second-order valence-electron chi connectivity index (χ2n) is 7.16. The summed E-state index contributed by atoms with van der Waals surface area (Å²) in [6.07, 6.45) is 7.16. The second-order valence-corrected chi connectivity index (χ2v) is 7.16. The fraction of sp³-hybridized carbons (Fsp3) is 0.136. The summed E-state index contributed by atoms with van der Waals surface area (Å²) in [7, 11) is 0. The van der Waals surface area contributed by atoms with Crippen LogP contribution in [0.1, 0.15) is 29.4 Å². The number of hydrogen-bond donors (Lipinski definition) is 2. The van der Waals surface area contributed by atoms with E-state index >= 15 is 0 Å². The number of anilines is 1. The van der Waals surface area contributed by atoms with E-state index in [1.165, 1.54) is 6.07 Å². The maximum Gasteiger partial charge on any atom is 0.274 e. The second kappa shape index (κ2) is 7.40. The van der Waals surface area contributed by atoms with Gasteiger partial charge >= 0.3 is 0 Å². The minimum Gasteiger partial charge on any atom is -0.493 e. The zero-order chi connectivity index (χ0) is 20.5. The van der Waals surface area contributed by atoms with Gasteiger partial charge in [0, 0.05) is 41.3 Å². The molecule has 0 radical (unpaired) electrons. The molecule has 3 heterocycles. The molecule has 1 fully saturated rings. The van der Waals surface area contributed by atoms with Crippen LogP contribution in [-0.2, 0) is 0 Å². The van der Waals surface area contributed by atoms with Crippen LogP contribution in [0.25, 0.3) is 22.5 Å². The van der Waals surface area contributed by atoms with Gasteiger partial charge in [-0.2, -0.15) is 0 Å². The molecule has 8 heteroatoms. The van der Waals surface area contributed by atoms with Crippen LogP contribution in [0.4, 0.5) is 5.69 Å². The Bertz CT molecular complexity index is 1210. The van der Waals surface area contributed by atoms with Gasteiger partial charge in [0.2, 0.25) is 5.88 Å². The smallest absolute Gasteiger partial charge is 0.274 e. The third kappa shape index (κ3) is 3.62. The number of carbonyl (C=O) groups is 1. The van der Waals surface area contributed by atoms with Crippen molar-refractivity contribution in [3.05, 3.63) is 72.9 Å². The largest absolute Gasteiger partial charge is 0.493 e. The first-order valence-electron chi connectivity index (χ1n) is 9.60. The van der Waals surface area contributed by atoms with Crippen molar-refractivity contribution in [3.8, 4) is 28.4 Å². The summed E-state index contributed by atoms with van der Waals surface area (Å²) in [6.45, 7) is 0. The molecule has 0 unspecified atom stereocenters. The number of aromatic nitrogens is 5. The summed E-state index contributed by atoms with van der Waals surface area (Å²) >= 11 is 0. The summed E-state index contributed by atoms with van der Waals surface area (Å²) in [5.41, 5.74) is 3.40. The third-order valence-corrected chi connectivity index (χ3v) is 4.97. The standard InChI is InChI=1S/C22H18N6O2/c29-20-7-4-16(12-24-20)14-8-9-23-19(11-14)22(30)26-17-3-1-2-15(10-17)21-27-25-13-28(21)18-5-6-18/h1-4,7-13,18H,5-6H2,(H,24,29)(H,26,30). The molecule has 1 aliphatic carbocycles. The fourth-order valence-corrected chi connectivity index (χ4v) is 3.29. The molecule has 0 atom stereocenters. The maximum absolute atomic E-state index is 12.8. The summed E-state index contributed by atoms with van der Waals surface area (Å²) in [6, 6.07) is 14.7. The van der Waals surface area contributed by atoms with E-state index < -0.39 is 0 Å². The lowest BCUT2D eigenvalue weighted by Gasteiger charge is -2.09. The van der Waals surface area contributed by atoms with E-state index in [-0.39, 0.29) is 17.5 Å². The molecule has 1 saturated carbocycles. The first kappa shape index (κ1) is 18.0. The Morgan fingerprint density at radius 2 is 1.93 bits per heavy atom. The van der Waals surface area contributed by atoms with Crippen molar-refractivity contribution in [1.82, 2.24) is 24.7 Å². The summed E-state index contributed by atoms with van der Waals surface area (Å²) in [5.74, 6) is 0.432. The number of nitrogens with zero attached hydrogens (tertiary/aromatic N) is 5. The van der Waals surface area contributed by atoms with E-state index in [1.54, 1.807) is 36.9 Å². The van der Waals surface area contributed by atoms with Crippen molar-refractivity contribution in [2.75, 3.05) is 5.32 Å². The highest BCUT2D eigenvalue weighted by Crippen LogP contribution is 2.37. The molecule has 0 bridgehead atoms. The predicted molar refractivity (Wildman–Crippen MR) is 111 cm³/mol. The van der Waals surface area contributed by atoms with Crippen LogP contribution in [-0.4, -0.2) is 35.7 Å². The average Bonchev–Trinajstić information content (AvgIpc) is 3.50. The quantitative estimate of drug-likeness (QED) is 0.531. The van der Waals surface area contributed by atoms with Gasteiger partial charge in [0.1, 0.15) is 12.0 Å². The molecule has 0 spiro atoms. The number of pyridine rings is 2. The molecule has 5 rings (SSSR count). The predicted octanol–water partition coefficient (Wildman–Crippen LogP) is 3.69. The number of carbonyl (C=O) groups excluding carboxylic acids is 1. The topological polar surface area (TPSA) is 106 Å². The monoisotopic (exact) mass is 398 g/mol. The first-order valence-corrected chi connectivity index (χ1v) is 9.60. The van der Waals surface area contributed by atoms with Gasteiger partial charge in [0.15, 0.2) is 5.82 Å². The molecule has 1 aromatic carbocycles. The van der Waals surface area contributed by atoms with E-state index in [0.717, 1.165) is 35.4 Å². The molecule has 0 aliphatic heterocycles. The zero-order valence-electron chi connectivity index (χ0n) is 15.9. The van der Waals surface area contributed by atoms with Crippen LogP contribution in [0.3, 0.4) is 0 Å². The lowest BCUT2D eigenvalue weighted by Crippen LogP contribution is -2.13. The Morgan fingerprint density at radius 3 is 2.73 bits per heavy atom. The number of nitrogens with one attached hydrogen (secondary N) is 1. The van der Waals surface area contributed by atoms with E-state index in [2.05, 4.69) is 30.0 Å². The Hall–Kier alpha value is -4.07. The van der Waals surface area contributed by atoms with Crippen molar-refractivity contribution in [1.29, 1.82) is 0 Å². The highest BCUT2D eigenvalue weighted by atomic mass is 16.3. The van der Waals surface area contributed by atoms with Crippen molar-refractivity contribution >= 4 is 11.6 Å². The minimum atomic E-state index is -0.315. The first-order chi connectivity index (χ1) is 14.7. The van der Waals surface area contributed by atoms with Crippen LogP contribution < -0.4 is 5.32 Å². The van der Waals surface area contributed by atoms with Gasteiger partial charge in [-0.3, -0.25) is 9.78 Å². The summed E-state index contributed by atoms with van der Waals surface area (Å²) < 4.78 is 2.08. The molecule has 2 N–H and O–H groups in total. The normalized spacial score (nSPS) is 13.2. The Balaban J connectivity index is 1.37. The molecule has 0 saturated heterocycles. The molecular formula is C22H18N6O2. The van der Waals surface area contributed by atoms with Crippen LogP contribution >= 0.6 is 0 Å². The molecule has 30 heavy (non-hydrogen) atoms. The lowest BCUT2D eigenvalue weighted by atomic mass is 10.1. The van der Waals surface area contributed by atoms with Crippen LogP contribution in [0, 0.1) is 0 Å². The number of hydrogen-bond acceptors (Lipinski definition) is 6. The number of rotatable bonds is 5. The highest BCUT2D eigenvalue weighted by Gasteiger charge is 2.26. The van der Waals surface area contributed by atoms with Crippen molar-refractivity contribution in [3.63, 3.8) is 0 Å². The van der Waals surface area contributed by atoms with Crippen LogP contribution in [0.2, 0.25) is 0 Å². The van der Waals surface area contributed by atoms with Crippen LogP contribution in [0.15, 0.2) is 67.3 Å². The number of benzene rings is 1. The maximum atomic E-state index is 12.8. The van der Waals surface area contributed by atoms with Gasteiger partial charge < -0.3 is 15.0 Å². The minimum absolute atomic E-state index is 0.0526. The fourth-order valence-electron chi connectivity index (χ4n) is 3.29. The van der Waals surface area contributed by atoms with Gasteiger partial charge in [-0.1, -0.05) is 12.1 Å². The summed E-state index contributed by atoms with van der Waals surface area (Å²) in [5, 5.41) is 20.5. The van der Waals surface area contributed by atoms with Gasteiger partial charge in [0.25, 0.3) is 5.91 Å². The van der Waals surface area contributed by atoms with Gasteiger partial charge in [-0.15, -0.1) is 10.2 Å². The van der Waals surface area contributed by atoms with Gasteiger partial charge in [0.05, 0.1) is 0 Å². The van der Waals surface area contributed by atoms with Crippen LogP contribution in [0.5, 0.6) is 5.88 Å². The van der Waals surface area contributed by atoms with E-state index in [4.69, 9.17) is 0 Å². The molecule has 148 valence electrons. The molecule has 3 aromatic heterocycles. The van der Waals surface area contributed by atoms with Gasteiger partial charge in [-0.05, 0) is 48.7 Å². The third-order valence-electron chi connectivity index (χ3n) is 4.97. The average molecular weight is 398 g/mol. The van der Waals surface area contributed by atoms with E-state index in [1.807, 2.05) is 24.3 Å². The molecule has 1 amide bonds. The van der Waals surface area contributed by atoms with Crippen molar-refractivity contribution in [2.24, 2.45) is 0 Å². The van der Waals surface area contributed by atoms with Gasteiger partial charge in [-0.25, -0.2) is 4.98 Å². The molecule has 1 aliphatic rings. The molecular weight excluding hydrogens is 380 g/mol. The lowest BCUT2D eigenvalue weighted by molar-refractivity contribution is 0.102.